The number of piperidine rings is 2. The van der Waals surface area contributed by atoms with Crippen LogP contribution in [0, 0.1) is 5.41 Å². The quantitative estimate of drug-likeness (QED) is 0.888. The largest absolute Gasteiger partial charge is 0.391 e. The maximum absolute atomic E-state index is 12.1. The second-order valence-electron chi connectivity index (χ2n) is 8.25. The number of rotatable bonds is 2. The summed E-state index contributed by atoms with van der Waals surface area (Å²) in [5.41, 5.74) is 0.813. The molecule has 2 aliphatic rings. The van der Waals surface area contributed by atoms with Crippen LogP contribution in [-0.2, 0) is 18.4 Å². The van der Waals surface area contributed by atoms with E-state index in [0.29, 0.717) is 0 Å². The molecule has 134 valence electrons. The number of carbonyl (C=O) groups is 1. The van der Waals surface area contributed by atoms with Crippen LogP contribution >= 0.6 is 0 Å². The second-order valence-corrected chi connectivity index (χ2v) is 8.25. The first-order chi connectivity index (χ1) is 11.2. The molecule has 3 rings (SSSR count). The Morgan fingerprint density at radius 2 is 2.04 bits per heavy atom. The van der Waals surface area contributed by atoms with Gasteiger partial charge >= 0.3 is 0 Å². The van der Waals surface area contributed by atoms with Crippen LogP contribution in [0.1, 0.15) is 45.7 Å². The molecular weight excluding hydrogens is 304 g/mol. The Balaban J connectivity index is 1.66. The molecule has 1 spiro atoms. The lowest BCUT2D eigenvalue weighted by atomic mass is 9.67. The first-order valence-electron chi connectivity index (χ1n) is 8.87. The van der Waals surface area contributed by atoms with Crippen molar-refractivity contribution in [2.24, 2.45) is 12.5 Å². The van der Waals surface area contributed by atoms with E-state index >= 15 is 0 Å². The number of nitrogens with zero attached hydrogens (tertiary/aromatic N) is 4. The van der Waals surface area contributed by atoms with E-state index in [4.69, 9.17) is 0 Å². The minimum absolute atomic E-state index is 0.0591. The predicted molar refractivity (Wildman–Crippen MR) is 92.2 cm³/mol. The molecule has 6 heteroatoms. The molecule has 1 amide bonds. The third-order valence-corrected chi connectivity index (χ3v) is 6.23. The molecule has 1 atom stereocenters. The zero-order valence-corrected chi connectivity index (χ0v) is 15.3. The van der Waals surface area contributed by atoms with Gasteiger partial charge in [0.15, 0.2) is 0 Å². The minimum Gasteiger partial charge on any atom is -0.391 e. The number of aliphatic hydroxyl groups excluding tert-OH is 1. The minimum atomic E-state index is -0.469. The van der Waals surface area contributed by atoms with Crippen LogP contribution in [0.15, 0.2) is 12.5 Å². The second kappa shape index (κ2) is 6.15. The summed E-state index contributed by atoms with van der Waals surface area (Å²) in [5.74, 6) is 0.0652. The van der Waals surface area contributed by atoms with Crippen molar-refractivity contribution in [3.05, 3.63) is 18.2 Å². The van der Waals surface area contributed by atoms with Gasteiger partial charge in [0.05, 0.1) is 23.7 Å². The number of aryl methyl sites for hydroxylation is 1. The number of amides is 1. The Morgan fingerprint density at radius 1 is 1.38 bits per heavy atom. The molecule has 0 unspecified atom stereocenters. The molecule has 0 aromatic carbocycles. The molecule has 3 heterocycles. The fourth-order valence-electron chi connectivity index (χ4n) is 4.27. The van der Waals surface area contributed by atoms with E-state index in [1.54, 1.807) is 6.92 Å². The maximum Gasteiger partial charge on any atom is 0.219 e. The molecular formula is C18H30N4O2. The van der Waals surface area contributed by atoms with E-state index in [1.807, 2.05) is 38.3 Å². The zero-order valence-electron chi connectivity index (χ0n) is 15.3. The van der Waals surface area contributed by atoms with Crippen LogP contribution in [-0.4, -0.2) is 61.6 Å². The van der Waals surface area contributed by atoms with Gasteiger partial charge < -0.3 is 14.6 Å². The summed E-state index contributed by atoms with van der Waals surface area (Å²) >= 11 is 0. The topological polar surface area (TPSA) is 61.6 Å². The number of hydrogen-bond acceptors (Lipinski definition) is 4. The Morgan fingerprint density at radius 3 is 2.58 bits per heavy atom. The van der Waals surface area contributed by atoms with Gasteiger partial charge in [-0.05, 0) is 51.6 Å². The summed E-state index contributed by atoms with van der Waals surface area (Å²) in [6.45, 7) is 9.26. The number of hydrogen-bond donors (Lipinski definition) is 1. The molecule has 2 aliphatic heterocycles. The molecule has 24 heavy (non-hydrogen) atoms. The molecule has 2 saturated heterocycles. The first-order valence-corrected chi connectivity index (χ1v) is 8.87. The van der Waals surface area contributed by atoms with Crippen molar-refractivity contribution in [2.45, 2.75) is 58.2 Å². The third-order valence-electron chi connectivity index (χ3n) is 6.23. The standard InChI is InChI=1S/C18H30N4O2/c1-14(23)22-12-18(9-16(24)17(22,2)3)5-7-21(8-6-18)11-15-10-19-13-20(15)4/h10,13,16,24H,5-9,11-12H2,1-4H3/t16-/m1/s1. The van der Waals surface area contributed by atoms with Gasteiger partial charge in [-0.15, -0.1) is 0 Å². The average molecular weight is 334 g/mol. The van der Waals surface area contributed by atoms with Gasteiger partial charge in [-0.1, -0.05) is 0 Å². The molecule has 6 nitrogen and oxygen atoms in total. The highest BCUT2D eigenvalue weighted by molar-refractivity contribution is 5.74. The van der Waals surface area contributed by atoms with Crippen LogP contribution in [0.4, 0.5) is 0 Å². The van der Waals surface area contributed by atoms with E-state index in [-0.39, 0.29) is 11.3 Å². The SMILES string of the molecule is CC(=O)N1CC2(CCN(Cc3cncn3C)CC2)C[C@@H](O)C1(C)C. The third kappa shape index (κ3) is 3.09. The van der Waals surface area contributed by atoms with Gasteiger partial charge in [0, 0.05) is 33.3 Å². The van der Waals surface area contributed by atoms with Crippen molar-refractivity contribution in [3.63, 3.8) is 0 Å². The smallest absolute Gasteiger partial charge is 0.219 e. The van der Waals surface area contributed by atoms with Crippen LogP contribution < -0.4 is 0 Å². The highest BCUT2D eigenvalue weighted by atomic mass is 16.3. The Kier molecular flexibility index (Phi) is 4.47. The molecule has 0 saturated carbocycles. The van der Waals surface area contributed by atoms with Crippen molar-refractivity contribution in [1.29, 1.82) is 0 Å². The maximum atomic E-state index is 12.1. The summed E-state index contributed by atoms with van der Waals surface area (Å²) < 4.78 is 2.06. The van der Waals surface area contributed by atoms with Crippen molar-refractivity contribution in [1.82, 2.24) is 19.4 Å². The molecule has 0 bridgehead atoms. The number of aliphatic hydroxyl groups is 1. The van der Waals surface area contributed by atoms with Gasteiger partial charge in [-0.2, -0.15) is 0 Å². The van der Waals surface area contributed by atoms with E-state index in [2.05, 4.69) is 14.5 Å². The lowest BCUT2D eigenvalue weighted by Gasteiger charge is -2.55. The van der Waals surface area contributed by atoms with Crippen molar-refractivity contribution in [2.75, 3.05) is 19.6 Å². The Hall–Kier alpha value is -1.40. The number of imidazole rings is 1. The molecule has 0 aliphatic carbocycles. The molecule has 1 aromatic rings. The molecule has 1 aromatic heterocycles. The fourth-order valence-corrected chi connectivity index (χ4v) is 4.27. The van der Waals surface area contributed by atoms with Crippen LogP contribution in [0.2, 0.25) is 0 Å². The Labute approximate surface area is 144 Å². The molecule has 1 N–H and O–H groups in total. The lowest BCUT2D eigenvalue weighted by Crippen LogP contribution is -2.64. The van der Waals surface area contributed by atoms with Crippen LogP contribution in [0.5, 0.6) is 0 Å². The molecule has 2 fully saturated rings. The van der Waals surface area contributed by atoms with E-state index in [1.165, 1.54) is 5.69 Å². The van der Waals surface area contributed by atoms with E-state index < -0.39 is 11.6 Å². The van der Waals surface area contributed by atoms with Crippen LogP contribution in [0.25, 0.3) is 0 Å². The van der Waals surface area contributed by atoms with Crippen LogP contribution in [0.3, 0.4) is 0 Å². The van der Waals surface area contributed by atoms with Gasteiger partial charge in [0.2, 0.25) is 5.91 Å². The fraction of sp³-hybridized carbons (Fsp3) is 0.778. The summed E-state index contributed by atoms with van der Waals surface area (Å²) in [5, 5.41) is 10.7. The summed E-state index contributed by atoms with van der Waals surface area (Å²) in [6, 6.07) is 0. The van der Waals surface area contributed by atoms with Gasteiger partial charge in [-0.25, -0.2) is 4.98 Å². The molecule has 0 radical (unpaired) electrons. The lowest BCUT2D eigenvalue weighted by molar-refractivity contribution is -0.157. The number of aromatic nitrogens is 2. The van der Waals surface area contributed by atoms with Crippen molar-refractivity contribution >= 4 is 5.91 Å². The average Bonchev–Trinajstić information content (AvgIpc) is 2.91. The Bertz CT molecular complexity index is 602. The van der Waals surface area contributed by atoms with E-state index in [9.17, 15) is 9.90 Å². The zero-order chi connectivity index (χ0) is 17.5. The highest BCUT2D eigenvalue weighted by Gasteiger charge is 2.50. The van der Waals surface area contributed by atoms with E-state index in [0.717, 1.165) is 45.4 Å². The monoisotopic (exact) mass is 334 g/mol. The highest BCUT2D eigenvalue weighted by Crippen LogP contribution is 2.45. The summed E-state index contributed by atoms with van der Waals surface area (Å²) in [7, 11) is 2.03. The number of likely N-dealkylation sites (tertiary alicyclic amines) is 2. The van der Waals surface area contributed by atoms with Gasteiger partial charge in [0.25, 0.3) is 0 Å². The van der Waals surface area contributed by atoms with Gasteiger partial charge in [0.1, 0.15) is 0 Å². The van der Waals surface area contributed by atoms with Crippen molar-refractivity contribution < 1.29 is 9.90 Å². The normalized spacial score (nSPS) is 26.7. The predicted octanol–water partition coefficient (Wildman–Crippen LogP) is 1.39. The number of carbonyl (C=O) groups excluding carboxylic acids is 1. The summed E-state index contributed by atoms with van der Waals surface area (Å²) in [4.78, 5) is 20.6. The first kappa shape index (κ1) is 17.4. The van der Waals surface area contributed by atoms with Crippen molar-refractivity contribution in [3.8, 4) is 0 Å². The van der Waals surface area contributed by atoms with Gasteiger partial charge in [-0.3, -0.25) is 9.69 Å². The summed E-state index contributed by atoms with van der Waals surface area (Å²) in [6.07, 6.45) is 6.16.